The van der Waals surface area contributed by atoms with Gasteiger partial charge in [0.05, 0.1) is 18.7 Å². The second-order valence-electron chi connectivity index (χ2n) is 6.82. The molecule has 2 aromatic heterocycles. The van der Waals surface area contributed by atoms with E-state index in [1.54, 1.807) is 17.5 Å². The summed E-state index contributed by atoms with van der Waals surface area (Å²) in [4.78, 5) is 29.1. The van der Waals surface area contributed by atoms with Gasteiger partial charge >= 0.3 is 5.97 Å². The number of carboxylic acid groups (broad SMARTS) is 1. The summed E-state index contributed by atoms with van der Waals surface area (Å²) in [5.74, 6) is -0.831. The van der Waals surface area contributed by atoms with Crippen LogP contribution in [-0.2, 0) is 4.79 Å². The van der Waals surface area contributed by atoms with Crippen LogP contribution in [0, 0.1) is 13.8 Å². The molecule has 0 bridgehead atoms. The number of ether oxygens (including phenoxy) is 1. The largest absolute Gasteiger partial charge is 0.490 e. The fourth-order valence-electron chi connectivity index (χ4n) is 3.63. The standard InChI is InChI=1S/C22H24N2O4/c1-4-28-19-10-7-11-24-21(15(3)23-22(19)24)18(25)12-16(13-20(26)27)17-9-6-5-8-14(17)2/h5-11,16H,4,12-13H2,1-3H3,(H,26,27)/t16-/m0/s1. The molecular weight excluding hydrogens is 356 g/mol. The van der Waals surface area contributed by atoms with Crippen LogP contribution in [0.3, 0.4) is 0 Å². The summed E-state index contributed by atoms with van der Waals surface area (Å²) in [6.07, 6.45) is 1.78. The number of carboxylic acids is 1. The summed E-state index contributed by atoms with van der Waals surface area (Å²) in [5, 5.41) is 9.36. The lowest BCUT2D eigenvalue weighted by Gasteiger charge is -2.17. The van der Waals surface area contributed by atoms with Crippen LogP contribution in [-0.4, -0.2) is 32.9 Å². The number of ketones is 1. The maximum Gasteiger partial charge on any atom is 0.303 e. The maximum absolute atomic E-state index is 13.2. The van der Waals surface area contributed by atoms with Gasteiger partial charge in [-0.2, -0.15) is 0 Å². The molecule has 2 heterocycles. The predicted octanol–water partition coefficient (Wildman–Crippen LogP) is 4.18. The minimum atomic E-state index is -0.922. The van der Waals surface area contributed by atoms with Crippen molar-refractivity contribution >= 4 is 17.4 Å². The average molecular weight is 380 g/mol. The second kappa shape index (κ2) is 8.25. The molecule has 0 amide bonds. The molecule has 0 saturated heterocycles. The van der Waals surface area contributed by atoms with E-state index in [2.05, 4.69) is 4.98 Å². The third-order valence-corrected chi connectivity index (χ3v) is 4.83. The molecule has 0 aliphatic heterocycles. The number of aromatic nitrogens is 2. The molecule has 0 fully saturated rings. The van der Waals surface area contributed by atoms with Gasteiger partial charge in [0.2, 0.25) is 0 Å². The van der Waals surface area contributed by atoms with Crippen molar-refractivity contribution in [3.8, 4) is 5.75 Å². The van der Waals surface area contributed by atoms with Crippen molar-refractivity contribution in [2.45, 2.75) is 39.5 Å². The number of hydrogen-bond donors (Lipinski definition) is 1. The van der Waals surface area contributed by atoms with Crippen molar-refractivity contribution in [3.05, 3.63) is 65.1 Å². The van der Waals surface area contributed by atoms with E-state index >= 15 is 0 Å². The van der Waals surface area contributed by atoms with Crippen LogP contribution >= 0.6 is 0 Å². The van der Waals surface area contributed by atoms with Crippen LogP contribution in [0.15, 0.2) is 42.6 Å². The van der Waals surface area contributed by atoms with E-state index in [9.17, 15) is 14.7 Å². The SMILES string of the molecule is CCOc1cccn2c(C(=O)C[C@@H](CC(=O)O)c3ccccc3C)c(C)nc12. The number of aliphatic carboxylic acids is 1. The van der Waals surface area contributed by atoms with Gasteiger partial charge in [0.25, 0.3) is 0 Å². The lowest BCUT2D eigenvalue weighted by atomic mass is 9.87. The van der Waals surface area contributed by atoms with E-state index in [1.165, 1.54) is 0 Å². The molecule has 0 aliphatic carbocycles. The molecule has 0 aliphatic rings. The Labute approximate surface area is 163 Å². The summed E-state index contributed by atoms with van der Waals surface area (Å²) in [6.45, 7) is 6.12. The highest BCUT2D eigenvalue weighted by molar-refractivity contribution is 5.97. The summed E-state index contributed by atoms with van der Waals surface area (Å²) in [6, 6.07) is 11.2. The van der Waals surface area contributed by atoms with Crippen LogP contribution in [0.2, 0.25) is 0 Å². The highest BCUT2D eigenvalue weighted by atomic mass is 16.5. The number of rotatable bonds is 8. The summed E-state index contributed by atoms with van der Waals surface area (Å²) in [5.41, 5.74) is 3.54. The Morgan fingerprint density at radius 2 is 1.89 bits per heavy atom. The number of nitrogens with zero attached hydrogens (tertiary/aromatic N) is 2. The number of aryl methyl sites for hydroxylation is 2. The average Bonchev–Trinajstić information content (AvgIpc) is 2.98. The molecule has 0 saturated carbocycles. The van der Waals surface area contributed by atoms with Crippen LogP contribution in [0.25, 0.3) is 5.65 Å². The zero-order chi connectivity index (χ0) is 20.3. The number of carbonyl (C=O) groups is 2. The van der Waals surface area contributed by atoms with Crippen molar-refractivity contribution in [2.24, 2.45) is 0 Å². The van der Waals surface area contributed by atoms with Crippen molar-refractivity contribution in [1.82, 2.24) is 9.38 Å². The normalized spacial score (nSPS) is 12.1. The summed E-state index contributed by atoms with van der Waals surface area (Å²) >= 11 is 0. The Hall–Kier alpha value is -3.15. The number of pyridine rings is 1. The van der Waals surface area contributed by atoms with Gasteiger partial charge in [0, 0.05) is 18.5 Å². The van der Waals surface area contributed by atoms with Crippen molar-refractivity contribution in [1.29, 1.82) is 0 Å². The quantitative estimate of drug-likeness (QED) is 0.593. The smallest absolute Gasteiger partial charge is 0.303 e. The van der Waals surface area contributed by atoms with Gasteiger partial charge in [-0.3, -0.25) is 14.0 Å². The molecule has 1 aromatic carbocycles. The molecule has 3 rings (SSSR count). The highest BCUT2D eigenvalue weighted by Gasteiger charge is 2.25. The first kappa shape index (κ1) is 19.6. The fourth-order valence-corrected chi connectivity index (χ4v) is 3.63. The van der Waals surface area contributed by atoms with Gasteiger partial charge < -0.3 is 9.84 Å². The van der Waals surface area contributed by atoms with Gasteiger partial charge in [-0.1, -0.05) is 24.3 Å². The van der Waals surface area contributed by atoms with Crippen LogP contribution in [0.5, 0.6) is 5.75 Å². The minimum absolute atomic E-state index is 0.101. The molecule has 6 heteroatoms. The fraction of sp³-hybridized carbons (Fsp3) is 0.318. The van der Waals surface area contributed by atoms with Gasteiger partial charge in [0.1, 0.15) is 5.69 Å². The lowest BCUT2D eigenvalue weighted by Crippen LogP contribution is -2.15. The van der Waals surface area contributed by atoms with Crippen molar-refractivity contribution < 1.29 is 19.4 Å². The summed E-state index contributed by atoms with van der Waals surface area (Å²) in [7, 11) is 0. The molecule has 1 N–H and O–H groups in total. The summed E-state index contributed by atoms with van der Waals surface area (Å²) < 4.78 is 7.35. The molecule has 146 valence electrons. The van der Waals surface area contributed by atoms with E-state index in [1.807, 2.05) is 50.2 Å². The van der Waals surface area contributed by atoms with E-state index < -0.39 is 11.9 Å². The number of imidazole rings is 1. The Morgan fingerprint density at radius 1 is 1.14 bits per heavy atom. The first-order valence-electron chi connectivity index (χ1n) is 9.33. The third kappa shape index (κ3) is 3.91. The zero-order valence-electron chi connectivity index (χ0n) is 16.3. The first-order chi connectivity index (χ1) is 13.4. The van der Waals surface area contributed by atoms with Gasteiger partial charge in [0.15, 0.2) is 17.2 Å². The van der Waals surface area contributed by atoms with E-state index in [-0.39, 0.29) is 18.6 Å². The Morgan fingerprint density at radius 3 is 2.57 bits per heavy atom. The van der Waals surface area contributed by atoms with Gasteiger partial charge in [-0.15, -0.1) is 0 Å². The second-order valence-corrected chi connectivity index (χ2v) is 6.82. The lowest BCUT2D eigenvalue weighted by molar-refractivity contribution is -0.137. The van der Waals surface area contributed by atoms with E-state index in [4.69, 9.17) is 4.74 Å². The first-order valence-corrected chi connectivity index (χ1v) is 9.33. The van der Waals surface area contributed by atoms with Crippen molar-refractivity contribution in [3.63, 3.8) is 0 Å². The van der Waals surface area contributed by atoms with Crippen LogP contribution in [0.4, 0.5) is 0 Å². The molecule has 3 aromatic rings. The maximum atomic E-state index is 13.2. The van der Waals surface area contributed by atoms with Crippen LogP contribution in [0.1, 0.15) is 53.0 Å². The zero-order valence-corrected chi connectivity index (χ0v) is 16.3. The third-order valence-electron chi connectivity index (χ3n) is 4.83. The number of benzene rings is 1. The number of Topliss-reactive ketones (excluding diaryl/α,β-unsaturated/α-hetero) is 1. The molecule has 28 heavy (non-hydrogen) atoms. The van der Waals surface area contributed by atoms with Crippen molar-refractivity contribution in [2.75, 3.05) is 6.61 Å². The topological polar surface area (TPSA) is 80.9 Å². The molecule has 6 nitrogen and oxygen atoms in total. The minimum Gasteiger partial charge on any atom is -0.490 e. The van der Waals surface area contributed by atoms with E-state index in [0.717, 1.165) is 11.1 Å². The molecule has 0 spiro atoms. The highest BCUT2D eigenvalue weighted by Crippen LogP contribution is 2.30. The van der Waals surface area contributed by atoms with Gasteiger partial charge in [-0.25, -0.2) is 4.98 Å². The number of carbonyl (C=O) groups excluding carboxylic acids is 1. The Kier molecular flexibility index (Phi) is 5.78. The number of hydrogen-bond acceptors (Lipinski definition) is 4. The molecule has 1 atom stereocenters. The number of fused-ring (bicyclic) bond motifs is 1. The predicted molar refractivity (Wildman–Crippen MR) is 106 cm³/mol. The molecular formula is C22H24N2O4. The Balaban J connectivity index is 1.98. The van der Waals surface area contributed by atoms with Crippen LogP contribution < -0.4 is 4.74 Å². The Bertz CT molecular complexity index is 1020. The monoisotopic (exact) mass is 380 g/mol. The van der Waals surface area contributed by atoms with E-state index in [0.29, 0.717) is 29.4 Å². The molecule has 0 unspecified atom stereocenters. The molecule has 0 radical (unpaired) electrons. The van der Waals surface area contributed by atoms with Gasteiger partial charge in [-0.05, 0) is 44.0 Å².